The Kier molecular flexibility index (Phi) is 2.29. The molecular weight excluding hydrogens is 192 g/mol. The summed E-state index contributed by atoms with van der Waals surface area (Å²) in [4.78, 5) is 32.7. The van der Waals surface area contributed by atoms with Gasteiger partial charge in [0, 0.05) is 5.57 Å². The lowest BCUT2D eigenvalue weighted by molar-refractivity contribution is -0.137. The molecule has 0 heterocycles. The number of carbonyl (C=O) groups is 3. The Bertz CT molecular complexity index is 483. The van der Waals surface area contributed by atoms with Crippen molar-refractivity contribution in [3.8, 4) is 0 Å². The lowest BCUT2D eigenvalue weighted by Crippen LogP contribution is -2.15. The summed E-state index contributed by atoms with van der Waals surface area (Å²) >= 11 is 0. The van der Waals surface area contributed by atoms with Crippen molar-refractivity contribution in [3.05, 3.63) is 41.5 Å². The van der Waals surface area contributed by atoms with E-state index in [0.717, 1.165) is 11.1 Å². The number of Topliss-reactive ketones (excluding diaryl/α,β-unsaturated/α-hetero) is 2. The minimum atomic E-state index is -0.988. The highest BCUT2D eigenvalue weighted by molar-refractivity contribution is 6.68. The number of allylic oxidation sites excluding steroid dienone is 2. The maximum absolute atomic E-state index is 11.5. The fourth-order valence-corrected chi connectivity index (χ4v) is 1.68. The summed E-state index contributed by atoms with van der Waals surface area (Å²) in [6.07, 6.45) is 2.39. The van der Waals surface area contributed by atoms with Crippen LogP contribution in [0.3, 0.4) is 0 Å². The van der Waals surface area contributed by atoms with Crippen LogP contribution in [-0.4, -0.2) is 17.9 Å². The highest BCUT2D eigenvalue weighted by Gasteiger charge is 2.24. The van der Waals surface area contributed by atoms with Crippen molar-refractivity contribution in [1.82, 2.24) is 0 Å². The second-order valence-corrected chi connectivity index (χ2v) is 3.29. The molecule has 0 fully saturated rings. The lowest BCUT2D eigenvalue weighted by Gasteiger charge is -2.01. The Labute approximate surface area is 86.4 Å². The van der Waals surface area contributed by atoms with Gasteiger partial charge in [-0.2, -0.15) is 0 Å². The predicted octanol–water partition coefficient (Wildman–Crippen LogP) is 0.963. The van der Waals surface area contributed by atoms with Crippen LogP contribution in [-0.2, 0) is 20.8 Å². The highest BCUT2D eigenvalue weighted by atomic mass is 16.2. The van der Waals surface area contributed by atoms with Crippen molar-refractivity contribution < 1.29 is 14.4 Å². The van der Waals surface area contributed by atoms with Gasteiger partial charge in [-0.15, -0.1) is 0 Å². The molecule has 1 aromatic carbocycles. The first-order chi connectivity index (χ1) is 7.24. The Morgan fingerprint density at radius 3 is 2.67 bits per heavy atom. The molecule has 74 valence electrons. The number of hydrogen-bond acceptors (Lipinski definition) is 3. The van der Waals surface area contributed by atoms with Crippen LogP contribution in [0.15, 0.2) is 30.3 Å². The topological polar surface area (TPSA) is 51.2 Å². The van der Waals surface area contributed by atoms with Crippen molar-refractivity contribution >= 4 is 23.4 Å². The molecule has 0 saturated carbocycles. The second kappa shape index (κ2) is 3.61. The first-order valence-electron chi connectivity index (χ1n) is 4.56. The molecule has 0 bridgehead atoms. The Hall–Kier alpha value is -2.03. The molecule has 3 nitrogen and oxygen atoms in total. The van der Waals surface area contributed by atoms with E-state index in [1.54, 1.807) is 18.2 Å². The Balaban J connectivity index is 2.39. The Morgan fingerprint density at radius 2 is 1.93 bits per heavy atom. The van der Waals surface area contributed by atoms with E-state index >= 15 is 0 Å². The largest absolute Gasteiger partial charge is 0.294 e. The van der Waals surface area contributed by atoms with E-state index in [0.29, 0.717) is 12.0 Å². The van der Waals surface area contributed by atoms with Gasteiger partial charge in [-0.25, -0.2) is 0 Å². The van der Waals surface area contributed by atoms with Crippen LogP contribution in [0.4, 0.5) is 0 Å². The summed E-state index contributed by atoms with van der Waals surface area (Å²) in [5.74, 6) is -1.70. The first kappa shape index (κ1) is 9.52. The minimum absolute atomic E-state index is 0.0596. The van der Waals surface area contributed by atoms with Crippen molar-refractivity contribution in [2.24, 2.45) is 0 Å². The number of ketones is 2. The van der Waals surface area contributed by atoms with Crippen LogP contribution in [0.1, 0.15) is 11.1 Å². The van der Waals surface area contributed by atoms with Crippen molar-refractivity contribution in [2.75, 3.05) is 0 Å². The minimum Gasteiger partial charge on any atom is -0.294 e. The molecule has 3 heteroatoms. The molecule has 15 heavy (non-hydrogen) atoms. The van der Waals surface area contributed by atoms with E-state index in [9.17, 15) is 14.4 Å². The third kappa shape index (κ3) is 1.52. The molecule has 1 aromatic rings. The monoisotopic (exact) mass is 200 g/mol. The average molecular weight is 200 g/mol. The summed E-state index contributed by atoms with van der Waals surface area (Å²) in [5, 5.41) is 0. The summed E-state index contributed by atoms with van der Waals surface area (Å²) in [7, 11) is 0. The molecule has 0 aromatic heterocycles. The summed E-state index contributed by atoms with van der Waals surface area (Å²) in [6.45, 7) is 0. The van der Waals surface area contributed by atoms with Crippen LogP contribution in [0, 0.1) is 0 Å². The van der Waals surface area contributed by atoms with Crippen molar-refractivity contribution in [1.29, 1.82) is 0 Å². The number of fused-ring (bicyclic) bond motifs is 1. The molecule has 1 aliphatic carbocycles. The van der Waals surface area contributed by atoms with Gasteiger partial charge in [0.25, 0.3) is 5.78 Å². The molecule has 0 unspecified atom stereocenters. The van der Waals surface area contributed by atoms with Gasteiger partial charge >= 0.3 is 0 Å². The zero-order valence-corrected chi connectivity index (χ0v) is 7.90. The zero-order valence-electron chi connectivity index (χ0n) is 7.90. The average Bonchev–Trinajstić information content (AvgIpc) is 2.70. The number of rotatable bonds is 3. The third-order valence-electron chi connectivity index (χ3n) is 2.41. The predicted molar refractivity (Wildman–Crippen MR) is 54.2 cm³/mol. The standard InChI is InChI=1S/C12H8O3/c13-7-11(14)12(15)10-6-5-8-3-1-2-4-9(8)10/h1-4,6-7H,5H2. The lowest BCUT2D eigenvalue weighted by atomic mass is 10.0. The summed E-state index contributed by atoms with van der Waals surface area (Å²) in [5.41, 5.74) is 2.12. The van der Waals surface area contributed by atoms with Gasteiger partial charge in [0.05, 0.1) is 0 Å². The van der Waals surface area contributed by atoms with Crippen LogP contribution in [0.25, 0.3) is 5.57 Å². The molecule has 1 aliphatic rings. The van der Waals surface area contributed by atoms with Crippen molar-refractivity contribution in [3.63, 3.8) is 0 Å². The molecule has 0 aliphatic heterocycles. The van der Waals surface area contributed by atoms with Crippen molar-refractivity contribution in [2.45, 2.75) is 6.42 Å². The number of aldehydes is 1. The molecule has 2 rings (SSSR count). The Morgan fingerprint density at radius 1 is 1.20 bits per heavy atom. The maximum Gasteiger partial charge on any atom is 0.265 e. The summed E-state index contributed by atoms with van der Waals surface area (Å²) in [6, 6.07) is 7.36. The fraction of sp³-hybridized carbons (Fsp3) is 0.0833. The molecule has 0 atom stereocenters. The van der Waals surface area contributed by atoms with E-state index in [2.05, 4.69) is 0 Å². The molecule has 0 N–H and O–H groups in total. The molecule has 0 saturated heterocycles. The van der Waals surface area contributed by atoms with Gasteiger partial charge in [-0.1, -0.05) is 30.3 Å². The van der Waals surface area contributed by atoms with E-state index in [4.69, 9.17) is 0 Å². The zero-order chi connectivity index (χ0) is 10.8. The highest BCUT2D eigenvalue weighted by Crippen LogP contribution is 2.27. The first-order valence-corrected chi connectivity index (χ1v) is 4.56. The van der Waals surface area contributed by atoms with Crippen LogP contribution < -0.4 is 0 Å². The fourth-order valence-electron chi connectivity index (χ4n) is 1.68. The van der Waals surface area contributed by atoms with Gasteiger partial charge in [0.1, 0.15) is 0 Å². The normalized spacial score (nSPS) is 12.9. The van der Waals surface area contributed by atoms with E-state index in [1.807, 2.05) is 12.1 Å². The quantitative estimate of drug-likeness (QED) is 0.415. The number of carbonyl (C=O) groups excluding carboxylic acids is 3. The van der Waals surface area contributed by atoms with Crippen LogP contribution in [0.5, 0.6) is 0 Å². The smallest absolute Gasteiger partial charge is 0.265 e. The van der Waals surface area contributed by atoms with Crippen LogP contribution in [0.2, 0.25) is 0 Å². The van der Waals surface area contributed by atoms with E-state index in [-0.39, 0.29) is 6.29 Å². The van der Waals surface area contributed by atoms with Gasteiger partial charge < -0.3 is 0 Å². The molecular formula is C12H8O3. The third-order valence-corrected chi connectivity index (χ3v) is 2.41. The maximum atomic E-state index is 11.5. The van der Waals surface area contributed by atoms with Gasteiger partial charge in [-0.05, 0) is 17.5 Å². The van der Waals surface area contributed by atoms with Gasteiger partial charge in [0.2, 0.25) is 5.78 Å². The van der Waals surface area contributed by atoms with E-state index < -0.39 is 11.6 Å². The molecule has 0 amide bonds. The molecule has 0 radical (unpaired) electrons. The van der Waals surface area contributed by atoms with Gasteiger partial charge in [-0.3, -0.25) is 14.4 Å². The van der Waals surface area contributed by atoms with Gasteiger partial charge in [0.15, 0.2) is 6.29 Å². The van der Waals surface area contributed by atoms with E-state index in [1.165, 1.54) is 0 Å². The second-order valence-electron chi connectivity index (χ2n) is 3.29. The van der Waals surface area contributed by atoms with Crippen LogP contribution >= 0.6 is 0 Å². The SMILES string of the molecule is O=CC(=O)C(=O)C1=CCc2ccccc21. The molecule has 0 spiro atoms. The number of benzene rings is 1. The summed E-state index contributed by atoms with van der Waals surface area (Å²) < 4.78 is 0. The number of hydrogen-bond donors (Lipinski definition) is 0.